The van der Waals surface area contributed by atoms with E-state index >= 15 is 0 Å². The molecule has 8 heteroatoms. The first kappa shape index (κ1) is 21.5. The molecule has 1 aromatic heterocycles. The molecule has 0 bridgehead atoms. The van der Waals surface area contributed by atoms with Crippen molar-refractivity contribution in [1.82, 2.24) is 15.3 Å². The quantitative estimate of drug-likeness (QED) is 0.856. The van der Waals surface area contributed by atoms with Gasteiger partial charge in [0.25, 0.3) is 5.91 Å². The van der Waals surface area contributed by atoms with Gasteiger partial charge in [-0.25, -0.2) is 4.39 Å². The summed E-state index contributed by atoms with van der Waals surface area (Å²) in [5, 5.41) is 2.76. The van der Waals surface area contributed by atoms with E-state index < -0.39 is 17.3 Å². The standard InChI is InChI=1S/C15H19FN4O.2ClH/c1-3-15(17,4-2)9-20-14(21)11-7-10(16)8-12-13(11)19-6-5-18-12;;/h5-8H,3-4,9,17H2,1-2H3,(H,20,21);2*1H. The Morgan fingerprint density at radius 1 is 1.22 bits per heavy atom. The average Bonchev–Trinajstić information content (AvgIpc) is 2.51. The highest BCUT2D eigenvalue weighted by atomic mass is 35.5. The predicted molar refractivity (Wildman–Crippen MR) is 93.8 cm³/mol. The lowest BCUT2D eigenvalue weighted by Gasteiger charge is -2.26. The summed E-state index contributed by atoms with van der Waals surface area (Å²) in [4.78, 5) is 20.4. The van der Waals surface area contributed by atoms with Gasteiger partial charge in [0.05, 0.1) is 11.1 Å². The average molecular weight is 363 g/mol. The van der Waals surface area contributed by atoms with E-state index in [2.05, 4.69) is 15.3 Å². The second-order valence-corrected chi connectivity index (χ2v) is 5.13. The van der Waals surface area contributed by atoms with Crippen molar-refractivity contribution in [2.24, 2.45) is 5.73 Å². The minimum absolute atomic E-state index is 0. The Balaban J connectivity index is 0.00000242. The van der Waals surface area contributed by atoms with Crippen LogP contribution >= 0.6 is 24.8 Å². The van der Waals surface area contributed by atoms with E-state index in [1.165, 1.54) is 24.5 Å². The van der Waals surface area contributed by atoms with Crippen LogP contribution in [0.1, 0.15) is 37.0 Å². The van der Waals surface area contributed by atoms with E-state index in [9.17, 15) is 9.18 Å². The molecule has 0 fully saturated rings. The second-order valence-electron chi connectivity index (χ2n) is 5.13. The fourth-order valence-corrected chi connectivity index (χ4v) is 2.07. The molecule has 0 saturated carbocycles. The number of nitrogens with two attached hydrogens (primary N) is 1. The third-order valence-electron chi connectivity index (χ3n) is 3.79. The number of nitrogens with zero attached hydrogens (tertiary/aromatic N) is 2. The molecule has 23 heavy (non-hydrogen) atoms. The number of aromatic nitrogens is 2. The summed E-state index contributed by atoms with van der Waals surface area (Å²) < 4.78 is 13.6. The summed E-state index contributed by atoms with van der Waals surface area (Å²) in [5.41, 5.74) is 6.60. The molecule has 3 N–H and O–H groups in total. The summed E-state index contributed by atoms with van der Waals surface area (Å²) in [6.45, 7) is 4.27. The van der Waals surface area contributed by atoms with Gasteiger partial charge in [0.15, 0.2) is 0 Å². The number of hydrogen-bond donors (Lipinski definition) is 2. The molecule has 0 saturated heterocycles. The first-order valence-corrected chi connectivity index (χ1v) is 6.96. The van der Waals surface area contributed by atoms with Gasteiger partial charge < -0.3 is 11.1 Å². The Labute approximate surface area is 147 Å². The Kier molecular flexibility index (Phi) is 8.37. The van der Waals surface area contributed by atoms with Crippen molar-refractivity contribution in [3.63, 3.8) is 0 Å². The van der Waals surface area contributed by atoms with Gasteiger partial charge in [-0.15, -0.1) is 24.8 Å². The molecule has 2 rings (SSSR count). The smallest absolute Gasteiger partial charge is 0.253 e. The van der Waals surface area contributed by atoms with E-state index in [4.69, 9.17) is 5.73 Å². The first-order valence-electron chi connectivity index (χ1n) is 6.96. The number of carbonyl (C=O) groups is 1. The lowest BCUT2D eigenvalue weighted by molar-refractivity contribution is 0.0943. The number of carbonyl (C=O) groups excluding carboxylic acids is 1. The highest BCUT2D eigenvalue weighted by Gasteiger charge is 2.22. The molecule has 5 nitrogen and oxygen atoms in total. The van der Waals surface area contributed by atoms with E-state index in [-0.39, 0.29) is 30.4 Å². The molecule has 0 atom stereocenters. The van der Waals surface area contributed by atoms with Crippen LogP contribution in [0.25, 0.3) is 11.0 Å². The highest BCUT2D eigenvalue weighted by Crippen LogP contribution is 2.17. The number of amides is 1. The minimum Gasteiger partial charge on any atom is -0.350 e. The Hall–Kier alpha value is -1.50. The molecular weight excluding hydrogens is 342 g/mol. The summed E-state index contributed by atoms with van der Waals surface area (Å²) in [6.07, 6.45) is 4.42. The topological polar surface area (TPSA) is 80.9 Å². The number of rotatable bonds is 5. The van der Waals surface area contributed by atoms with Crippen molar-refractivity contribution in [1.29, 1.82) is 0 Å². The molecule has 128 valence electrons. The lowest BCUT2D eigenvalue weighted by atomic mass is 9.94. The number of benzene rings is 1. The Morgan fingerprint density at radius 3 is 2.43 bits per heavy atom. The summed E-state index contributed by atoms with van der Waals surface area (Å²) in [5.74, 6) is -0.908. The fraction of sp³-hybridized carbons (Fsp3) is 0.400. The van der Waals surface area contributed by atoms with Crippen molar-refractivity contribution in [3.05, 3.63) is 35.9 Å². The zero-order valence-electron chi connectivity index (χ0n) is 13.0. The van der Waals surface area contributed by atoms with Crippen LogP contribution in [0.3, 0.4) is 0 Å². The highest BCUT2D eigenvalue weighted by molar-refractivity contribution is 6.04. The summed E-state index contributed by atoms with van der Waals surface area (Å²) >= 11 is 0. The van der Waals surface area contributed by atoms with E-state index in [0.717, 1.165) is 12.8 Å². The second kappa shape index (κ2) is 8.96. The van der Waals surface area contributed by atoms with Crippen molar-refractivity contribution >= 4 is 41.8 Å². The Morgan fingerprint density at radius 2 is 1.83 bits per heavy atom. The zero-order chi connectivity index (χ0) is 15.5. The molecule has 2 aromatic rings. The molecule has 0 aliphatic heterocycles. The maximum Gasteiger partial charge on any atom is 0.253 e. The van der Waals surface area contributed by atoms with Gasteiger partial charge in [0, 0.05) is 30.5 Å². The van der Waals surface area contributed by atoms with Crippen LogP contribution in [-0.2, 0) is 0 Å². The maximum atomic E-state index is 13.6. The van der Waals surface area contributed by atoms with Crippen LogP contribution in [0.15, 0.2) is 24.5 Å². The lowest BCUT2D eigenvalue weighted by Crippen LogP contribution is -2.49. The van der Waals surface area contributed by atoms with Gasteiger partial charge >= 0.3 is 0 Å². The van der Waals surface area contributed by atoms with Gasteiger partial charge in [-0.2, -0.15) is 0 Å². The van der Waals surface area contributed by atoms with E-state index in [1.54, 1.807) is 0 Å². The largest absolute Gasteiger partial charge is 0.350 e. The molecule has 0 aliphatic rings. The molecule has 1 aromatic carbocycles. The minimum atomic E-state index is -0.516. The molecule has 0 spiro atoms. The van der Waals surface area contributed by atoms with Gasteiger partial charge in [-0.1, -0.05) is 13.8 Å². The van der Waals surface area contributed by atoms with Gasteiger partial charge in [0.1, 0.15) is 11.3 Å². The molecule has 0 radical (unpaired) electrons. The van der Waals surface area contributed by atoms with Gasteiger partial charge in [-0.05, 0) is 18.9 Å². The molecule has 1 heterocycles. The van der Waals surface area contributed by atoms with Crippen LogP contribution in [0.4, 0.5) is 4.39 Å². The molecule has 0 aliphatic carbocycles. The van der Waals surface area contributed by atoms with Gasteiger partial charge in [-0.3, -0.25) is 14.8 Å². The van der Waals surface area contributed by atoms with Crippen LogP contribution in [0, 0.1) is 5.82 Å². The maximum absolute atomic E-state index is 13.6. The van der Waals surface area contributed by atoms with Crippen LogP contribution in [-0.4, -0.2) is 28.0 Å². The van der Waals surface area contributed by atoms with E-state index in [1.807, 2.05) is 13.8 Å². The Bertz CT molecular complexity index is 665. The molecule has 1 amide bonds. The SMILES string of the molecule is CCC(N)(CC)CNC(=O)c1cc(F)cc2nccnc12.Cl.Cl. The number of hydrogen-bond acceptors (Lipinski definition) is 4. The van der Waals surface area contributed by atoms with Crippen molar-refractivity contribution in [2.45, 2.75) is 32.2 Å². The van der Waals surface area contributed by atoms with Crippen molar-refractivity contribution in [3.8, 4) is 0 Å². The molecule has 0 unspecified atom stereocenters. The van der Waals surface area contributed by atoms with Crippen LogP contribution in [0.5, 0.6) is 0 Å². The van der Waals surface area contributed by atoms with Crippen molar-refractivity contribution in [2.75, 3.05) is 6.54 Å². The first-order chi connectivity index (χ1) is 9.99. The monoisotopic (exact) mass is 362 g/mol. The van der Waals surface area contributed by atoms with E-state index in [0.29, 0.717) is 17.6 Å². The fourth-order valence-electron chi connectivity index (χ4n) is 2.07. The third-order valence-corrected chi connectivity index (χ3v) is 3.79. The predicted octanol–water partition coefficient (Wildman–Crippen LogP) is 2.86. The third kappa shape index (κ3) is 4.99. The summed E-state index contributed by atoms with van der Waals surface area (Å²) in [7, 11) is 0. The normalized spacial score (nSPS) is 10.6. The van der Waals surface area contributed by atoms with Gasteiger partial charge in [0.2, 0.25) is 0 Å². The summed E-state index contributed by atoms with van der Waals surface area (Å²) in [6, 6.07) is 2.42. The van der Waals surface area contributed by atoms with Crippen molar-refractivity contribution < 1.29 is 9.18 Å². The number of fused-ring (bicyclic) bond motifs is 1. The zero-order valence-corrected chi connectivity index (χ0v) is 14.6. The molecular formula is C15H21Cl2FN4O. The van der Waals surface area contributed by atoms with Crippen LogP contribution < -0.4 is 11.1 Å². The number of nitrogens with one attached hydrogen (secondary N) is 1. The number of halogens is 3. The van der Waals surface area contributed by atoms with Crippen LogP contribution in [0.2, 0.25) is 0 Å².